The Morgan fingerprint density at radius 3 is 2.95 bits per heavy atom. The fourth-order valence-electron chi connectivity index (χ4n) is 1.80. The molecular formula is C13H13IN4S2. The first-order valence-corrected chi connectivity index (χ1v) is 9.38. The molecule has 0 amide bonds. The molecule has 0 saturated heterocycles. The van der Waals surface area contributed by atoms with E-state index in [0.29, 0.717) is 0 Å². The van der Waals surface area contributed by atoms with Crippen molar-refractivity contribution in [3.63, 3.8) is 0 Å². The zero-order chi connectivity index (χ0) is 13.9. The highest BCUT2D eigenvalue weighted by molar-refractivity contribution is 14.1. The predicted octanol–water partition coefficient (Wildman–Crippen LogP) is 4.10. The third-order valence-corrected chi connectivity index (χ3v) is 5.77. The summed E-state index contributed by atoms with van der Waals surface area (Å²) in [5.41, 5.74) is 1.16. The van der Waals surface area contributed by atoms with Gasteiger partial charge in [-0.15, -0.1) is 10.2 Å². The Morgan fingerprint density at radius 1 is 1.30 bits per heavy atom. The van der Waals surface area contributed by atoms with E-state index in [-0.39, 0.29) is 0 Å². The minimum Gasteiger partial charge on any atom is -0.186 e. The number of aromatic nitrogens is 4. The summed E-state index contributed by atoms with van der Waals surface area (Å²) in [6, 6.07) is 8.27. The Labute approximate surface area is 139 Å². The lowest BCUT2D eigenvalue weighted by Crippen LogP contribution is -1.95. The number of fused-ring (bicyclic) bond motifs is 1. The third kappa shape index (κ3) is 2.84. The molecule has 20 heavy (non-hydrogen) atoms. The minimum atomic E-state index is 0.865. The van der Waals surface area contributed by atoms with Gasteiger partial charge < -0.3 is 0 Å². The van der Waals surface area contributed by atoms with Gasteiger partial charge in [-0.25, -0.2) is 0 Å². The molecule has 0 radical (unpaired) electrons. The summed E-state index contributed by atoms with van der Waals surface area (Å²) in [6.07, 6.45) is 1.18. The molecule has 2 heterocycles. The molecule has 0 spiro atoms. The fraction of sp³-hybridized carbons (Fsp3) is 0.308. The highest BCUT2D eigenvalue weighted by Crippen LogP contribution is 2.29. The normalized spacial score (nSPS) is 11.3. The first-order valence-electron chi connectivity index (χ1n) is 6.33. The molecule has 0 saturated carbocycles. The number of halogens is 1. The molecule has 0 aliphatic carbocycles. The van der Waals surface area contributed by atoms with Crippen LogP contribution in [0, 0.1) is 3.57 Å². The van der Waals surface area contributed by atoms with Crippen LogP contribution in [0.2, 0.25) is 0 Å². The maximum atomic E-state index is 4.67. The monoisotopic (exact) mass is 416 g/mol. The van der Waals surface area contributed by atoms with Crippen LogP contribution in [0.1, 0.15) is 19.2 Å². The number of hydrogen-bond donors (Lipinski definition) is 0. The summed E-state index contributed by atoms with van der Waals surface area (Å²) in [7, 11) is 0. The van der Waals surface area contributed by atoms with Crippen LogP contribution < -0.4 is 0 Å². The molecule has 0 N–H and O–H groups in total. The lowest BCUT2D eigenvalue weighted by atomic mass is 10.2. The Kier molecular flexibility index (Phi) is 4.57. The van der Waals surface area contributed by atoms with Crippen LogP contribution in [-0.4, -0.2) is 25.6 Å². The van der Waals surface area contributed by atoms with Crippen LogP contribution in [0.4, 0.5) is 0 Å². The SMILES string of the molecule is CCCSCc1nnc2sc(-c3ccccc3I)nn12. The van der Waals surface area contributed by atoms with Gasteiger partial charge in [0, 0.05) is 9.13 Å². The van der Waals surface area contributed by atoms with Gasteiger partial charge in [0.25, 0.3) is 0 Å². The zero-order valence-corrected chi connectivity index (χ0v) is 14.7. The first kappa shape index (κ1) is 14.3. The van der Waals surface area contributed by atoms with Crippen molar-refractivity contribution in [2.75, 3.05) is 5.75 Å². The fourth-order valence-corrected chi connectivity index (χ4v) is 4.32. The molecule has 3 rings (SSSR count). The average molecular weight is 416 g/mol. The van der Waals surface area contributed by atoms with Crippen LogP contribution in [0.5, 0.6) is 0 Å². The van der Waals surface area contributed by atoms with Crippen molar-refractivity contribution >= 4 is 50.7 Å². The second kappa shape index (κ2) is 6.40. The van der Waals surface area contributed by atoms with E-state index in [1.54, 1.807) is 11.3 Å². The average Bonchev–Trinajstić information content (AvgIpc) is 3.01. The number of thioether (sulfide) groups is 1. The summed E-state index contributed by atoms with van der Waals surface area (Å²) < 4.78 is 3.09. The lowest BCUT2D eigenvalue weighted by molar-refractivity contribution is 0.886. The molecule has 0 unspecified atom stereocenters. The van der Waals surface area contributed by atoms with Crippen molar-refractivity contribution in [3.05, 3.63) is 33.7 Å². The van der Waals surface area contributed by atoms with Crippen LogP contribution >= 0.6 is 45.7 Å². The maximum absolute atomic E-state index is 4.67. The highest BCUT2D eigenvalue weighted by atomic mass is 127. The predicted molar refractivity (Wildman–Crippen MR) is 93.3 cm³/mol. The molecule has 0 aliphatic rings. The van der Waals surface area contributed by atoms with E-state index in [2.05, 4.69) is 56.9 Å². The number of hydrogen-bond acceptors (Lipinski definition) is 5. The Bertz CT molecular complexity index is 722. The van der Waals surface area contributed by atoms with E-state index < -0.39 is 0 Å². The van der Waals surface area contributed by atoms with E-state index in [1.807, 2.05) is 28.4 Å². The number of nitrogens with zero attached hydrogens (tertiary/aromatic N) is 4. The van der Waals surface area contributed by atoms with Gasteiger partial charge in [0.05, 0.1) is 5.75 Å². The lowest BCUT2D eigenvalue weighted by Gasteiger charge is -1.98. The van der Waals surface area contributed by atoms with Crippen molar-refractivity contribution in [3.8, 4) is 10.6 Å². The molecule has 2 aromatic heterocycles. The van der Waals surface area contributed by atoms with E-state index in [1.165, 1.54) is 9.99 Å². The Morgan fingerprint density at radius 2 is 2.15 bits per heavy atom. The van der Waals surface area contributed by atoms with Gasteiger partial charge in [-0.1, -0.05) is 36.5 Å². The van der Waals surface area contributed by atoms with Crippen molar-refractivity contribution < 1.29 is 0 Å². The summed E-state index contributed by atoms with van der Waals surface area (Å²) >= 11 is 5.80. The smallest absolute Gasteiger partial charge is 0.186 e. The van der Waals surface area contributed by atoms with Gasteiger partial charge >= 0.3 is 0 Å². The molecule has 1 aromatic carbocycles. The van der Waals surface area contributed by atoms with Gasteiger partial charge in [0.2, 0.25) is 4.96 Å². The molecule has 0 fully saturated rings. The minimum absolute atomic E-state index is 0.865. The van der Waals surface area contributed by atoms with Crippen LogP contribution in [0.15, 0.2) is 24.3 Å². The first-order chi connectivity index (χ1) is 9.79. The maximum Gasteiger partial charge on any atom is 0.235 e. The van der Waals surface area contributed by atoms with E-state index in [9.17, 15) is 0 Å². The van der Waals surface area contributed by atoms with Crippen LogP contribution in [0.3, 0.4) is 0 Å². The third-order valence-electron chi connectivity index (χ3n) is 2.74. The molecule has 4 nitrogen and oxygen atoms in total. The molecule has 104 valence electrons. The summed E-state index contributed by atoms with van der Waals surface area (Å²) in [6.45, 7) is 2.19. The molecule has 0 bridgehead atoms. The molecule has 0 aliphatic heterocycles. The summed E-state index contributed by atoms with van der Waals surface area (Å²) in [5, 5.41) is 14.1. The quantitative estimate of drug-likeness (QED) is 0.464. The Balaban J connectivity index is 1.93. The standard InChI is InChI=1S/C13H13IN4S2/c1-2-7-19-8-11-15-16-13-18(11)17-12(20-13)9-5-3-4-6-10(9)14/h3-6H,2,7-8H2,1H3. The van der Waals surface area contributed by atoms with Gasteiger partial charge in [-0.05, 0) is 40.8 Å². The Hall–Kier alpha value is -0.670. The summed E-state index contributed by atoms with van der Waals surface area (Å²) in [4.78, 5) is 0.867. The molecular weight excluding hydrogens is 403 g/mol. The van der Waals surface area contributed by atoms with Crippen molar-refractivity contribution in [2.24, 2.45) is 0 Å². The number of benzene rings is 1. The van der Waals surface area contributed by atoms with Gasteiger partial charge in [0.15, 0.2) is 5.82 Å². The summed E-state index contributed by atoms with van der Waals surface area (Å²) in [5.74, 6) is 2.94. The second-order valence-electron chi connectivity index (χ2n) is 4.25. The molecule has 7 heteroatoms. The zero-order valence-electron chi connectivity index (χ0n) is 10.9. The highest BCUT2D eigenvalue weighted by Gasteiger charge is 2.14. The molecule has 3 aromatic rings. The van der Waals surface area contributed by atoms with Crippen molar-refractivity contribution in [1.29, 1.82) is 0 Å². The van der Waals surface area contributed by atoms with E-state index in [0.717, 1.165) is 32.9 Å². The van der Waals surface area contributed by atoms with Crippen LogP contribution in [-0.2, 0) is 5.75 Å². The van der Waals surface area contributed by atoms with Crippen molar-refractivity contribution in [2.45, 2.75) is 19.1 Å². The topological polar surface area (TPSA) is 43.1 Å². The van der Waals surface area contributed by atoms with Crippen molar-refractivity contribution in [1.82, 2.24) is 19.8 Å². The van der Waals surface area contributed by atoms with Gasteiger partial charge in [-0.2, -0.15) is 21.4 Å². The van der Waals surface area contributed by atoms with Crippen LogP contribution in [0.25, 0.3) is 15.5 Å². The van der Waals surface area contributed by atoms with E-state index >= 15 is 0 Å². The number of rotatable bonds is 5. The largest absolute Gasteiger partial charge is 0.235 e. The molecule has 0 atom stereocenters. The van der Waals surface area contributed by atoms with E-state index in [4.69, 9.17) is 0 Å². The second-order valence-corrected chi connectivity index (χ2v) is 7.47. The van der Waals surface area contributed by atoms with Gasteiger partial charge in [-0.3, -0.25) is 0 Å². The van der Waals surface area contributed by atoms with Gasteiger partial charge in [0.1, 0.15) is 5.01 Å².